The Morgan fingerprint density at radius 2 is 1.95 bits per heavy atom. The van der Waals surface area contributed by atoms with Crippen molar-refractivity contribution in [1.82, 2.24) is 10.2 Å². The van der Waals surface area contributed by atoms with Crippen LogP contribution < -0.4 is 5.32 Å². The molecule has 1 saturated heterocycles. The van der Waals surface area contributed by atoms with Gasteiger partial charge in [-0.25, -0.2) is 0 Å². The third-order valence-corrected chi connectivity index (χ3v) is 3.29. The highest BCUT2D eigenvalue weighted by Gasteiger charge is 2.24. The van der Waals surface area contributed by atoms with Gasteiger partial charge in [0.15, 0.2) is 0 Å². The maximum Gasteiger partial charge on any atom is 0.222 e. The summed E-state index contributed by atoms with van der Waals surface area (Å²) >= 11 is 0. The molecule has 4 heteroatoms. The van der Waals surface area contributed by atoms with Crippen LogP contribution in [0.25, 0.3) is 0 Å². The van der Waals surface area contributed by atoms with Gasteiger partial charge in [0.25, 0.3) is 0 Å². The van der Waals surface area contributed by atoms with Gasteiger partial charge >= 0.3 is 0 Å². The average molecular weight is 269 g/mol. The number of nitriles is 1. The molecule has 1 heterocycles. The molecule has 1 rings (SSSR count). The van der Waals surface area contributed by atoms with Crippen molar-refractivity contribution in [3.05, 3.63) is 0 Å². The Labute approximate surface area is 119 Å². The second kappa shape index (κ2) is 8.92. The van der Waals surface area contributed by atoms with Gasteiger partial charge in [0.1, 0.15) is 0 Å². The van der Waals surface area contributed by atoms with E-state index in [2.05, 4.69) is 11.4 Å². The van der Waals surface area contributed by atoms with Crippen LogP contribution in [0.15, 0.2) is 0 Å². The fourth-order valence-corrected chi connectivity index (χ4v) is 2.00. The van der Waals surface area contributed by atoms with Gasteiger partial charge in [0, 0.05) is 33.5 Å². The topological polar surface area (TPSA) is 56.1 Å². The molecule has 4 nitrogen and oxygen atoms in total. The van der Waals surface area contributed by atoms with Crippen molar-refractivity contribution in [3.63, 3.8) is 0 Å². The largest absolute Gasteiger partial charge is 0.343 e. The van der Waals surface area contributed by atoms with E-state index in [0.717, 1.165) is 32.5 Å². The van der Waals surface area contributed by atoms with E-state index in [1.165, 1.54) is 0 Å². The maximum atomic E-state index is 11.5. The summed E-state index contributed by atoms with van der Waals surface area (Å²) in [5.41, 5.74) is -0.309. The molecule has 1 amide bonds. The fourth-order valence-electron chi connectivity index (χ4n) is 2.00. The molecule has 1 fully saturated rings. The summed E-state index contributed by atoms with van der Waals surface area (Å²) in [5.74, 6) is 0.251. The van der Waals surface area contributed by atoms with Crippen LogP contribution >= 0.6 is 0 Å². The second-order valence-electron chi connectivity index (χ2n) is 5.39. The number of carbonyl (C=O) groups excluding carboxylic acids is 1. The first-order valence-corrected chi connectivity index (χ1v) is 7.41. The Balaban J connectivity index is 0. The van der Waals surface area contributed by atoms with Crippen molar-refractivity contribution in [2.45, 2.75) is 59.9 Å². The van der Waals surface area contributed by atoms with E-state index in [1.807, 2.05) is 39.5 Å². The molecule has 0 unspecified atom stereocenters. The molecule has 0 saturated carbocycles. The molecular weight excluding hydrogens is 238 g/mol. The number of amides is 1. The minimum Gasteiger partial charge on any atom is -0.343 e. The van der Waals surface area contributed by atoms with Gasteiger partial charge in [-0.2, -0.15) is 5.26 Å². The van der Waals surface area contributed by atoms with Crippen LogP contribution in [-0.4, -0.2) is 36.5 Å². The van der Waals surface area contributed by atoms with E-state index in [9.17, 15) is 4.79 Å². The van der Waals surface area contributed by atoms with E-state index in [4.69, 9.17) is 5.26 Å². The van der Waals surface area contributed by atoms with E-state index in [-0.39, 0.29) is 12.7 Å². The first kappa shape index (κ1) is 17.9. The van der Waals surface area contributed by atoms with Crippen LogP contribution in [0.5, 0.6) is 0 Å². The molecule has 0 radical (unpaired) electrons. The van der Waals surface area contributed by atoms with E-state index < -0.39 is 0 Å². The Morgan fingerprint density at radius 1 is 1.42 bits per heavy atom. The van der Waals surface area contributed by atoms with Crippen molar-refractivity contribution in [2.24, 2.45) is 5.41 Å². The molecule has 0 bridgehead atoms. The molecule has 0 spiro atoms. The van der Waals surface area contributed by atoms with Gasteiger partial charge in [-0.05, 0) is 26.7 Å². The van der Waals surface area contributed by atoms with Crippen LogP contribution in [0.2, 0.25) is 0 Å². The smallest absolute Gasteiger partial charge is 0.222 e. The Hall–Kier alpha value is -1.08. The number of carbonyl (C=O) groups is 1. The van der Waals surface area contributed by atoms with Gasteiger partial charge in [-0.3, -0.25) is 4.79 Å². The van der Waals surface area contributed by atoms with Gasteiger partial charge < -0.3 is 10.2 Å². The van der Waals surface area contributed by atoms with Crippen LogP contribution in [-0.2, 0) is 4.79 Å². The lowest BCUT2D eigenvalue weighted by Gasteiger charge is -2.33. The van der Waals surface area contributed by atoms with Crippen molar-refractivity contribution in [2.75, 3.05) is 19.6 Å². The number of rotatable bonds is 4. The molecular formula is C15H31N3O. The molecule has 0 aromatic rings. The van der Waals surface area contributed by atoms with Crippen LogP contribution in [0.1, 0.15) is 55.3 Å². The fraction of sp³-hybridized carbons (Fsp3) is 0.867. The van der Waals surface area contributed by atoms with Crippen LogP contribution in [0.4, 0.5) is 0 Å². The number of hydrogen-bond acceptors (Lipinski definition) is 3. The third kappa shape index (κ3) is 6.58. The molecule has 1 aliphatic heterocycles. The number of nitrogens with one attached hydrogen (secondary N) is 1. The summed E-state index contributed by atoms with van der Waals surface area (Å²) in [7, 11) is 0. The van der Waals surface area contributed by atoms with Crippen molar-refractivity contribution in [1.29, 1.82) is 5.26 Å². The monoisotopic (exact) mass is 269 g/mol. The highest BCUT2D eigenvalue weighted by Crippen LogP contribution is 2.15. The lowest BCUT2D eigenvalue weighted by Crippen LogP contribution is -2.46. The lowest BCUT2D eigenvalue weighted by molar-refractivity contribution is -0.131. The minimum atomic E-state index is -0.309. The Kier molecular flexibility index (Phi) is 8.42. The summed E-state index contributed by atoms with van der Waals surface area (Å²) in [6.45, 7) is 12.2. The first-order valence-electron chi connectivity index (χ1n) is 7.41. The SMILES string of the molecule is CC.CCC(=O)N1CCC(NCC(C)(C)C#N)CC1.[HH]. The molecule has 0 aromatic carbocycles. The summed E-state index contributed by atoms with van der Waals surface area (Å²) in [4.78, 5) is 13.4. The zero-order valence-corrected chi connectivity index (χ0v) is 13.1. The quantitative estimate of drug-likeness (QED) is 0.854. The van der Waals surface area contributed by atoms with E-state index >= 15 is 0 Å². The van der Waals surface area contributed by atoms with E-state index in [0.29, 0.717) is 12.5 Å². The summed E-state index contributed by atoms with van der Waals surface area (Å²) in [5, 5.41) is 12.4. The average Bonchev–Trinajstić information content (AvgIpc) is 2.47. The van der Waals surface area contributed by atoms with Crippen molar-refractivity contribution in [3.8, 4) is 6.07 Å². The highest BCUT2D eigenvalue weighted by atomic mass is 16.2. The zero-order valence-electron chi connectivity index (χ0n) is 13.1. The summed E-state index contributed by atoms with van der Waals surface area (Å²) in [6.07, 6.45) is 2.58. The number of nitrogens with zero attached hydrogens (tertiary/aromatic N) is 2. The normalized spacial score (nSPS) is 16.3. The molecule has 0 aliphatic carbocycles. The van der Waals surface area contributed by atoms with Crippen molar-refractivity contribution >= 4 is 5.91 Å². The number of hydrogen-bond donors (Lipinski definition) is 1. The molecule has 0 atom stereocenters. The highest BCUT2D eigenvalue weighted by molar-refractivity contribution is 5.75. The molecule has 1 aliphatic rings. The van der Waals surface area contributed by atoms with Crippen molar-refractivity contribution < 1.29 is 6.22 Å². The first-order chi connectivity index (χ1) is 8.98. The summed E-state index contributed by atoms with van der Waals surface area (Å²) in [6, 6.07) is 2.74. The van der Waals surface area contributed by atoms with Gasteiger partial charge in [0.2, 0.25) is 5.91 Å². The lowest BCUT2D eigenvalue weighted by atomic mass is 9.94. The van der Waals surface area contributed by atoms with Gasteiger partial charge in [-0.1, -0.05) is 20.8 Å². The maximum absolute atomic E-state index is 11.5. The van der Waals surface area contributed by atoms with E-state index in [1.54, 1.807) is 0 Å². The minimum absolute atomic E-state index is 0. The molecule has 0 aromatic heterocycles. The van der Waals surface area contributed by atoms with Crippen LogP contribution in [0.3, 0.4) is 0 Å². The Bertz CT molecular complexity index is 305. The Morgan fingerprint density at radius 3 is 2.37 bits per heavy atom. The van der Waals surface area contributed by atoms with Gasteiger partial charge in [0.05, 0.1) is 11.5 Å². The number of likely N-dealkylation sites (tertiary alicyclic amines) is 1. The predicted molar refractivity (Wildman–Crippen MR) is 80.8 cm³/mol. The van der Waals surface area contributed by atoms with Gasteiger partial charge in [-0.15, -0.1) is 0 Å². The molecule has 1 N–H and O–H groups in total. The zero-order chi connectivity index (χ0) is 14.9. The molecule has 112 valence electrons. The third-order valence-electron chi connectivity index (χ3n) is 3.29. The standard InChI is InChI=1S/C13H23N3O.C2H6.H2/c1-4-12(17)16-7-5-11(6-8-16)15-10-13(2,3)9-14;1-2;/h11,15H,4-8,10H2,1-3H3;1-2H3;1H. The molecule has 19 heavy (non-hydrogen) atoms. The predicted octanol–water partition coefficient (Wildman–Crippen LogP) is 2.80. The second-order valence-corrected chi connectivity index (χ2v) is 5.39. The summed E-state index contributed by atoms with van der Waals surface area (Å²) < 4.78 is 0. The van der Waals surface area contributed by atoms with Crippen LogP contribution in [0, 0.1) is 16.7 Å². The number of piperidine rings is 1.